The zero-order chi connectivity index (χ0) is 11.5. The molecule has 82 valence electrons. The Balaban J connectivity index is 2.42. The standard InChI is InChI=1S/C11H9ClN2O2/c1-16-11(15)10-7-9(13-14(10)12)8-5-3-2-4-6-8/h2-7H,1H3. The SMILES string of the molecule is COC(=O)c1cc(-c2ccccc2)nn1Cl. The van der Waals surface area contributed by atoms with E-state index < -0.39 is 5.97 Å². The fourth-order valence-corrected chi connectivity index (χ4v) is 1.55. The molecule has 0 N–H and O–H groups in total. The highest BCUT2D eigenvalue weighted by molar-refractivity contribution is 6.17. The summed E-state index contributed by atoms with van der Waals surface area (Å²) in [5.41, 5.74) is 1.74. The van der Waals surface area contributed by atoms with Crippen LogP contribution in [-0.2, 0) is 4.74 Å². The van der Waals surface area contributed by atoms with Crippen LogP contribution in [0, 0.1) is 0 Å². The second-order valence-corrected chi connectivity index (χ2v) is 3.45. The molecule has 0 atom stereocenters. The van der Waals surface area contributed by atoms with Gasteiger partial charge >= 0.3 is 5.97 Å². The summed E-state index contributed by atoms with van der Waals surface area (Å²) < 4.78 is 5.58. The van der Waals surface area contributed by atoms with Crippen molar-refractivity contribution in [2.45, 2.75) is 0 Å². The number of carbonyl (C=O) groups excluding carboxylic acids is 1. The van der Waals surface area contributed by atoms with Gasteiger partial charge in [-0.25, -0.2) is 4.79 Å². The summed E-state index contributed by atoms with van der Waals surface area (Å²) in [6.45, 7) is 0. The van der Waals surface area contributed by atoms with Gasteiger partial charge in [-0.2, -0.15) is 9.30 Å². The average molecular weight is 237 g/mol. The lowest BCUT2D eigenvalue weighted by molar-refractivity contribution is 0.0592. The quantitative estimate of drug-likeness (QED) is 0.752. The lowest BCUT2D eigenvalue weighted by atomic mass is 10.1. The van der Waals surface area contributed by atoms with Crippen molar-refractivity contribution in [3.05, 3.63) is 42.1 Å². The molecule has 2 aromatic rings. The predicted molar refractivity (Wildman–Crippen MR) is 60.3 cm³/mol. The van der Waals surface area contributed by atoms with E-state index >= 15 is 0 Å². The molecular weight excluding hydrogens is 228 g/mol. The van der Waals surface area contributed by atoms with Crippen molar-refractivity contribution in [3.63, 3.8) is 0 Å². The summed E-state index contributed by atoms with van der Waals surface area (Å²) in [6.07, 6.45) is 0. The van der Waals surface area contributed by atoms with Crippen molar-refractivity contribution in [1.29, 1.82) is 0 Å². The van der Waals surface area contributed by atoms with Gasteiger partial charge in [0.2, 0.25) is 0 Å². The molecule has 4 nitrogen and oxygen atoms in total. The zero-order valence-electron chi connectivity index (χ0n) is 8.55. The number of carbonyl (C=O) groups is 1. The Bertz CT molecular complexity index is 508. The fourth-order valence-electron chi connectivity index (χ4n) is 1.35. The van der Waals surface area contributed by atoms with Gasteiger partial charge in [-0.3, -0.25) is 0 Å². The van der Waals surface area contributed by atoms with E-state index in [1.807, 2.05) is 30.3 Å². The number of hydrogen-bond acceptors (Lipinski definition) is 3. The Hall–Kier alpha value is -1.81. The highest BCUT2D eigenvalue weighted by Gasteiger charge is 2.15. The molecule has 0 unspecified atom stereocenters. The van der Waals surface area contributed by atoms with Crippen molar-refractivity contribution in [1.82, 2.24) is 9.30 Å². The molecule has 0 aliphatic rings. The Morgan fingerprint density at radius 3 is 2.69 bits per heavy atom. The molecule has 0 amide bonds. The van der Waals surface area contributed by atoms with Gasteiger partial charge in [0.1, 0.15) is 0 Å². The van der Waals surface area contributed by atoms with Crippen LogP contribution in [0.1, 0.15) is 10.5 Å². The highest BCUT2D eigenvalue weighted by atomic mass is 35.5. The van der Waals surface area contributed by atoms with Crippen molar-refractivity contribution in [3.8, 4) is 11.3 Å². The van der Waals surface area contributed by atoms with E-state index in [1.165, 1.54) is 7.11 Å². The molecule has 0 aliphatic heterocycles. The number of nitrogens with zero attached hydrogens (tertiary/aromatic N) is 2. The maximum Gasteiger partial charge on any atom is 0.357 e. The van der Waals surface area contributed by atoms with E-state index in [1.54, 1.807) is 6.07 Å². The van der Waals surface area contributed by atoms with Gasteiger partial charge in [-0.1, -0.05) is 30.3 Å². The molecule has 2 rings (SSSR count). The minimum atomic E-state index is -0.510. The monoisotopic (exact) mass is 236 g/mol. The summed E-state index contributed by atoms with van der Waals surface area (Å²) in [7, 11) is 1.30. The Labute approximate surface area is 97.5 Å². The smallest absolute Gasteiger partial charge is 0.357 e. The molecule has 0 bridgehead atoms. The van der Waals surface area contributed by atoms with Gasteiger partial charge in [0.05, 0.1) is 12.8 Å². The summed E-state index contributed by atoms with van der Waals surface area (Å²) in [5.74, 6) is -0.510. The average Bonchev–Trinajstić information content (AvgIpc) is 2.71. The Morgan fingerprint density at radius 2 is 2.06 bits per heavy atom. The van der Waals surface area contributed by atoms with Gasteiger partial charge in [0, 0.05) is 23.4 Å². The molecule has 16 heavy (non-hydrogen) atoms. The minimum absolute atomic E-state index is 0.211. The molecular formula is C11H9ClN2O2. The number of benzene rings is 1. The van der Waals surface area contributed by atoms with Crippen LogP contribution in [0.15, 0.2) is 36.4 Å². The number of methoxy groups -OCH3 is 1. The zero-order valence-corrected chi connectivity index (χ0v) is 9.31. The third kappa shape index (κ3) is 1.92. The largest absolute Gasteiger partial charge is 0.464 e. The van der Waals surface area contributed by atoms with Crippen LogP contribution in [0.2, 0.25) is 0 Å². The summed E-state index contributed by atoms with van der Waals surface area (Å²) in [6, 6.07) is 11.1. The molecule has 1 aromatic heterocycles. The number of aromatic nitrogens is 2. The van der Waals surface area contributed by atoms with Crippen LogP contribution in [0.4, 0.5) is 0 Å². The van der Waals surface area contributed by atoms with E-state index in [0.29, 0.717) is 5.69 Å². The summed E-state index contributed by atoms with van der Waals surface area (Å²) >= 11 is 5.77. The third-order valence-corrected chi connectivity index (χ3v) is 2.39. The van der Waals surface area contributed by atoms with Crippen LogP contribution in [0.3, 0.4) is 0 Å². The normalized spacial score (nSPS) is 10.1. The summed E-state index contributed by atoms with van der Waals surface area (Å²) in [5, 5.41) is 4.03. The van der Waals surface area contributed by atoms with Gasteiger partial charge < -0.3 is 4.74 Å². The highest BCUT2D eigenvalue weighted by Crippen LogP contribution is 2.19. The molecule has 1 heterocycles. The summed E-state index contributed by atoms with van der Waals surface area (Å²) in [4.78, 5) is 11.3. The van der Waals surface area contributed by atoms with Gasteiger partial charge in [0.15, 0.2) is 5.69 Å². The van der Waals surface area contributed by atoms with Crippen molar-refractivity contribution < 1.29 is 9.53 Å². The fraction of sp³-hybridized carbons (Fsp3) is 0.0909. The van der Waals surface area contributed by atoms with Crippen LogP contribution < -0.4 is 0 Å². The topological polar surface area (TPSA) is 44.1 Å². The van der Waals surface area contributed by atoms with E-state index in [2.05, 4.69) is 9.84 Å². The maximum atomic E-state index is 11.3. The first-order valence-electron chi connectivity index (χ1n) is 4.62. The second-order valence-electron chi connectivity index (χ2n) is 3.13. The molecule has 0 aliphatic carbocycles. The second kappa shape index (κ2) is 4.37. The lowest BCUT2D eigenvalue weighted by Gasteiger charge is -1.94. The first kappa shape index (κ1) is 10.7. The first-order chi connectivity index (χ1) is 7.72. The molecule has 1 aromatic carbocycles. The van der Waals surface area contributed by atoms with E-state index in [9.17, 15) is 4.79 Å². The maximum absolute atomic E-state index is 11.3. The van der Waals surface area contributed by atoms with E-state index in [4.69, 9.17) is 11.8 Å². The molecule has 0 radical (unpaired) electrons. The van der Waals surface area contributed by atoms with Gasteiger partial charge in [-0.15, -0.1) is 0 Å². The van der Waals surface area contributed by atoms with Crippen molar-refractivity contribution in [2.24, 2.45) is 0 Å². The number of esters is 1. The van der Waals surface area contributed by atoms with Crippen LogP contribution >= 0.6 is 11.8 Å². The van der Waals surface area contributed by atoms with Crippen LogP contribution in [0.5, 0.6) is 0 Å². The Morgan fingerprint density at radius 1 is 1.38 bits per heavy atom. The number of rotatable bonds is 2. The molecule has 5 heteroatoms. The van der Waals surface area contributed by atoms with Gasteiger partial charge in [0.25, 0.3) is 0 Å². The Kier molecular flexibility index (Phi) is 2.92. The van der Waals surface area contributed by atoms with Crippen LogP contribution in [0.25, 0.3) is 11.3 Å². The van der Waals surface area contributed by atoms with E-state index in [-0.39, 0.29) is 5.69 Å². The van der Waals surface area contributed by atoms with Crippen LogP contribution in [-0.4, -0.2) is 22.4 Å². The molecule has 0 saturated heterocycles. The first-order valence-corrected chi connectivity index (χ1v) is 4.96. The minimum Gasteiger partial charge on any atom is -0.464 e. The number of hydrogen-bond donors (Lipinski definition) is 0. The van der Waals surface area contributed by atoms with Crippen molar-refractivity contribution >= 4 is 17.7 Å². The number of halogens is 1. The molecule has 0 saturated carbocycles. The molecule has 0 fully saturated rings. The predicted octanol–water partition coefficient (Wildman–Crippen LogP) is 2.34. The third-order valence-electron chi connectivity index (χ3n) is 2.13. The van der Waals surface area contributed by atoms with Gasteiger partial charge in [-0.05, 0) is 0 Å². The lowest BCUT2D eigenvalue weighted by Crippen LogP contribution is -2.04. The molecule has 0 spiro atoms. The number of ether oxygens (including phenoxy) is 1. The van der Waals surface area contributed by atoms with Crippen molar-refractivity contribution in [2.75, 3.05) is 7.11 Å². The van der Waals surface area contributed by atoms with E-state index in [0.717, 1.165) is 9.76 Å².